The summed E-state index contributed by atoms with van der Waals surface area (Å²) >= 11 is 0. The lowest BCUT2D eigenvalue weighted by Gasteiger charge is -2.47. The quantitative estimate of drug-likeness (QED) is 0.879. The van der Waals surface area contributed by atoms with E-state index in [1.54, 1.807) is 11.9 Å². The molecule has 0 bridgehead atoms. The lowest BCUT2D eigenvalue weighted by atomic mass is 9.67. The van der Waals surface area contributed by atoms with Gasteiger partial charge in [-0.05, 0) is 55.6 Å². The number of nitrogens with one attached hydrogen (secondary N) is 1. The molecular weight excluding hydrogens is 340 g/mol. The van der Waals surface area contributed by atoms with Crippen molar-refractivity contribution < 1.29 is 14.3 Å². The smallest absolute Gasteiger partial charge is 0.410 e. The van der Waals surface area contributed by atoms with Gasteiger partial charge >= 0.3 is 6.09 Å². The van der Waals surface area contributed by atoms with Gasteiger partial charge in [0, 0.05) is 19.0 Å². The third-order valence-corrected chi connectivity index (χ3v) is 6.82. The van der Waals surface area contributed by atoms with Crippen LogP contribution in [0, 0.1) is 12.8 Å². The third-order valence-electron chi connectivity index (χ3n) is 6.82. The zero-order valence-electron chi connectivity index (χ0n) is 16.7. The standard InChI is InChI=1S/C22H30N2O3/c1-13(2)15-5-14(3)6-16(7-15)17-8-19(9-17)23-20(25)18-10-22(11-18)12-27-21(26)24(22)4/h5-7,13,17-19H,8-12H2,1-4H3,(H,23,25). The van der Waals surface area contributed by atoms with Gasteiger partial charge in [-0.25, -0.2) is 4.79 Å². The molecule has 2 saturated carbocycles. The number of likely N-dealkylation sites (N-methyl/N-ethyl adjacent to an activating group) is 1. The minimum Gasteiger partial charge on any atom is -0.447 e. The molecule has 146 valence electrons. The molecule has 1 heterocycles. The second-order valence-corrected chi connectivity index (χ2v) is 9.15. The number of carbonyl (C=O) groups is 2. The molecular formula is C22H30N2O3. The zero-order chi connectivity index (χ0) is 19.3. The van der Waals surface area contributed by atoms with Crippen molar-refractivity contribution >= 4 is 12.0 Å². The summed E-state index contributed by atoms with van der Waals surface area (Å²) in [5.74, 6) is 1.23. The summed E-state index contributed by atoms with van der Waals surface area (Å²) in [4.78, 5) is 25.8. The first-order chi connectivity index (χ1) is 12.8. The Morgan fingerprint density at radius 1 is 1.26 bits per heavy atom. The van der Waals surface area contributed by atoms with Crippen molar-refractivity contribution in [2.24, 2.45) is 5.92 Å². The van der Waals surface area contributed by atoms with Crippen LogP contribution in [-0.2, 0) is 9.53 Å². The number of hydrogen-bond donors (Lipinski definition) is 1. The van der Waals surface area contributed by atoms with Crippen molar-refractivity contribution in [3.63, 3.8) is 0 Å². The lowest BCUT2D eigenvalue weighted by molar-refractivity contribution is -0.133. The number of nitrogens with zero attached hydrogens (tertiary/aromatic N) is 1. The summed E-state index contributed by atoms with van der Waals surface area (Å²) in [7, 11) is 1.77. The van der Waals surface area contributed by atoms with E-state index in [0.717, 1.165) is 12.8 Å². The molecule has 3 fully saturated rings. The number of benzene rings is 1. The Morgan fingerprint density at radius 3 is 2.56 bits per heavy atom. The molecule has 3 aliphatic rings. The molecule has 27 heavy (non-hydrogen) atoms. The Kier molecular flexibility index (Phi) is 4.44. The van der Waals surface area contributed by atoms with Gasteiger partial charge in [0.25, 0.3) is 0 Å². The molecule has 1 saturated heterocycles. The predicted octanol–water partition coefficient (Wildman–Crippen LogP) is 3.71. The first-order valence-electron chi connectivity index (χ1n) is 10.1. The van der Waals surface area contributed by atoms with Crippen LogP contribution in [0.4, 0.5) is 4.79 Å². The van der Waals surface area contributed by atoms with E-state index in [2.05, 4.69) is 44.3 Å². The first kappa shape index (κ1) is 18.3. The van der Waals surface area contributed by atoms with Gasteiger partial charge in [-0.15, -0.1) is 0 Å². The van der Waals surface area contributed by atoms with Crippen LogP contribution in [0.15, 0.2) is 18.2 Å². The third kappa shape index (κ3) is 3.21. The Labute approximate surface area is 161 Å². The van der Waals surface area contributed by atoms with Crippen molar-refractivity contribution in [2.75, 3.05) is 13.7 Å². The summed E-state index contributed by atoms with van der Waals surface area (Å²) < 4.78 is 5.12. The molecule has 0 atom stereocenters. The summed E-state index contributed by atoms with van der Waals surface area (Å²) in [5, 5.41) is 3.22. The van der Waals surface area contributed by atoms with Gasteiger partial charge in [0.1, 0.15) is 6.61 Å². The highest BCUT2D eigenvalue weighted by Gasteiger charge is 2.56. The Morgan fingerprint density at radius 2 is 1.96 bits per heavy atom. The molecule has 0 aromatic heterocycles. The summed E-state index contributed by atoms with van der Waals surface area (Å²) in [6.45, 7) is 7.04. The number of cyclic esters (lactones) is 1. The largest absolute Gasteiger partial charge is 0.447 e. The monoisotopic (exact) mass is 370 g/mol. The van der Waals surface area contributed by atoms with Crippen LogP contribution in [0.3, 0.4) is 0 Å². The van der Waals surface area contributed by atoms with Crippen LogP contribution >= 0.6 is 0 Å². The van der Waals surface area contributed by atoms with Crippen molar-refractivity contribution in [2.45, 2.75) is 69.9 Å². The molecule has 2 amide bonds. The van der Waals surface area contributed by atoms with Crippen LogP contribution in [0.2, 0.25) is 0 Å². The number of ether oxygens (including phenoxy) is 1. The molecule has 0 radical (unpaired) electrons. The second-order valence-electron chi connectivity index (χ2n) is 9.15. The van der Waals surface area contributed by atoms with E-state index in [1.165, 1.54) is 16.7 Å². The molecule has 1 aromatic rings. The number of rotatable bonds is 4. The molecule has 1 N–H and O–H groups in total. The van der Waals surface area contributed by atoms with Crippen LogP contribution in [-0.4, -0.2) is 42.1 Å². The molecule has 2 aliphatic carbocycles. The Bertz CT molecular complexity index is 761. The van der Waals surface area contributed by atoms with E-state index in [-0.39, 0.29) is 29.5 Å². The van der Waals surface area contributed by atoms with E-state index in [0.29, 0.717) is 31.3 Å². The molecule has 5 heteroatoms. The van der Waals surface area contributed by atoms with Crippen LogP contribution < -0.4 is 5.32 Å². The summed E-state index contributed by atoms with van der Waals surface area (Å²) in [6.07, 6.45) is 3.20. The highest BCUT2D eigenvalue weighted by atomic mass is 16.6. The fraction of sp³-hybridized carbons (Fsp3) is 0.636. The molecule has 4 rings (SSSR count). The zero-order valence-corrected chi connectivity index (χ0v) is 16.7. The summed E-state index contributed by atoms with van der Waals surface area (Å²) in [5.41, 5.74) is 3.89. The lowest BCUT2D eigenvalue weighted by Crippen LogP contribution is -2.59. The van der Waals surface area contributed by atoms with Crippen molar-refractivity contribution in [3.05, 3.63) is 34.9 Å². The van der Waals surface area contributed by atoms with Crippen molar-refractivity contribution in [1.82, 2.24) is 10.2 Å². The van der Waals surface area contributed by atoms with Gasteiger partial charge in [0.2, 0.25) is 5.91 Å². The molecule has 5 nitrogen and oxygen atoms in total. The maximum Gasteiger partial charge on any atom is 0.410 e. The van der Waals surface area contributed by atoms with E-state index < -0.39 is 0 Å². The maximum absolute atomic E-state index is 12.5. The number of hydrogen-bond acceptors (Lipinski definition) is 3. The predicted molar refractivity (Wildman–Crippen MR) is 104 cm³/mol. The van der Waals surface area contributed by atoms with Gasteiger partial charge in [-0.2, -0.15) is 0 Å². The fourth-order valence-electron chi connectivity index (χ4n) is 4.76. The fourth-order valence-corrected chi connectivity index (χ4v) is 4.76. The van der Waals surface area contributed by atoms with Crippen LogP contribution in [0.25, 0.3) is 0 Å². The van der Waals surface area contributed by atoms with Gasteiger partial charge in [-0.3, -0.25) is 4.79 Å². The van der Waals surface area contributed by atoms with Gasteiger partial charge in [-0.1, -0.05) is 37.6 Å². The van der Waals surface area contributed by atoms with Gasteiger partial charge in [0.05, 0.1) is 5.54 Å². The average Bonchev–Trinajstić information content (AvgIpc) is 2.84. The van der Waals surface area contributed by atoms with Gasteiger partial charge < -0.3 is 15.0 Å². The van der Waals surface area contributed by atoms with E-state index in [1.807, 2.05) is 0 Å². The first-order valence-corrected chi connectivity index (χ1v) is 10.1. The summed E-state index contributed by atoms with van der Waals surface area (Å²) in [6, 6.07) is 7.18. The van der Waals surface area contributed by atoms with Crippen molar-refractivity contribution in [3.8, 4) is 0 Å². The Hall–Kier alpha value is -2.04. The normalized spacial score (nSPS) is 32.3. The van der Waals surface area contributed by atoms with Crippen LogP contribution in [0.1, 0.15) is 68.1 Å². The highest BCUT2D eigenvalue weighted by Crippen LogP contribution is 2.46. The molecule has 1 aromatic carbocycles. The number of carbonyl (C=O) groups excluding carboxylic acids is 2. The van der Waals surface area contributed by atoms with E-state index in [4.69, 9.17) is 4.74 Å². The van der Waals surface area contributed by atoms with Crippen LogP contribution in [0.5, 0.6) is 0 Å². The minimum atomic E-state index is -0.269. The molecule has 1 spiro atoms. The molecule has 1 aliphatic heterocycles. The second kappa shape index (κ2) is 6.54. The topological polar surface area (TPSA) is 58.6 Å². The number of aryl methyl sites for hydroxylation is 1. The maximum atomic E-state index is 12.5. The van der Waals surface area contributed by atoms with E-state index in [9.17, 15) is 9.59 Å². The average molecular weight is 370 g/mol. The SMILES string of the molecule is Cc1cc(C(C)C)cc(C2CC(NC(=O)C3CC4(COC(=O)N4C)C3)C2)c1. The highest BCUT2D eigenvalue weighted by molar-refractivity contribution is 5.81. The van der Waals surface area contributed by atoms with E-state index >= 15 is 0 Å². The van der Waals surface area contributed by atoms with Gasteiger partial charge in [0.15, 0.2) is 0 Å². The molecule has 0 unspecified atom stereocenters. The minimum absolute atomic E-state index is 0.00696. The van der Waals surface area contributed by atoms with Crippen molar-refractivity contribution in [1.29, 1.82) is 0 Å². The Balaban J connectivity index is 1.28. The number of amides is 2.